The normalized spacial score (nSPS) is 9.40. The Morgan fingerprint density at radius 2 is 2.40 bits per heavy atom. The highest BCUT2D eigenvalue weighted by atomic mass is 32.2. The largest absolute Gasteiger partial charge is 0.396 e. The van der Waals surface area contributed by atoms with Crippen molar-refractivity contribution in [3.05, 3.63) is 0 Å². The van der Waals surface area contributed by atoms with Crippen LogP contribution in [0.5, 0.6) is 0 Å². The first-order chi connectivity index (χ1) is 4.81. The topological polar surface area (TPSA) is 49.3 Å². The van der Waals surface area contributed by atoms with Gasteiger partial charge in [-0.15, -0.1) is 0 Å². The van der Waals surface area contributed by atoms with E-state index in [-0.39, 0.29) is 11.8 Å². The molecule has 0 aromatic carbocycles. The molecule has 10 heavy (non-hydrogen) atoms. The Labute approximate surface area is 65.2 Å². The van der Waals surface area contributed by atoms with Gasteiger partial charge >= 0.3 is 0 Å². The van der Waals surface area contributed by atoms with Gasteiger partial charge in [0.1, 0.15) is 0 Å². The summed E-state index contributed by atoms with van der Waals surface area (Å²) in [4.78, 5) is 10.7. The summed E-state index contributed by atoms with van der Waals surface area (Å²) in [6.07, 6.45) is 0.635. The highest BCUT2D eigenvalue weighted by molar-refractivity contribution is 8.13. The molecule has 0 atom stereocenters. The molecule has 1 amide bonds. The molecular formula is C6H13NO2S. The standard InChI is InChI=1S/C6H13NO2S/c1-2-10-6(9)7-4-3-5-8/h8H,2-5H2,1H3,(H,7,9). The van der Waals surface area contributed by atoms with Crippen molar-refractivity contribution in [3.63, 3.8) is 0 Å². The summed E-state index contributed by atoms with van der Waals surface area (Å²) in [6.45, 7) is 2.63. The second-order valence-corrected chi connectivity index (χ2v) is 2.96. The number of nitrogens with one attached hydrogen (secondary N) is 1. The third-order valence-electron chi connectivity index (χ3n) is 0.880. The van der Waals surface area contributed by atoms with E-state index in [1.54, 1.807) is 0 Å². The van der Waals surface area contributed by atoms with E-state index in [9.17, 15) is 4.79 Å². The lowest BCUT2D eigenvalue weighted by Gasteiger charge is -2.00. The van der Waals surface area contributed by atoms with Crippen LogP contribution in [0.1, 0.15) is 13.3 Å². The van der Waals surface area contributed by atoms with Crippen molar-refractivity contribution in [2.75, 3.05) is 18.9 Å². The molecule has 2 N–H and O–H groups in total. The molecule has 0 aliphatic heterocycles. The van der Waals surface area contributed by atoms with E-state index in [4.69, 9.17) is 5.11 Å². The fourth-order valence-corrected chi connectivity index (χ4v) is 0.918. The van der Waals surface area contributed by atoms with E-state index >= 15 is 0 Å². The monoisotopic (exact) mass is 163 g/mol. The van der Waals surface area contributed by atoms with Crippen LogP contribution < -0.4 is 5.32 Å². The van der Waals surface area contributed by atoms with Crippen LogP contribution in [-0.2, 0) is 0 Å². The second-order valence-electron chi connectivity index (χ2n) is 1.72. The van der Waals surface area contributed by atoms with Crippen LogP contribution in [-0.4, -0.2) is 29.3 Å². The minimum Gasteiger partial charge on any atom is -0.396 e. The number of aliphatic hydroxyl groups excluding tert-OH is 1. The van der Waals surface area contributed by atoms with E-state index in [1.807, 2.05) is 6.92 Å². The number of carbonyl (C=O) groups is 1. The van der Waals surface area contributed by atoms with E-state index in [2.05, 4.69) is 5.32 Å². The van der Waals surface area contributed by atoms with Crippen LogP contribution in [0.25, 0.3) is 0 Å². The van der Waals surface area contributed by atoms with E-state index < -0.39 is 0 Å². The molecule has 0 fully saturated rings. The minimum atomic E-state index is -0.00375. The van der Waals surface area contributed by atoms with E-state index in [1.165, 1.54) is 11.8 Å². The zero-order chi connectivity index (χ0) is 7.82. The average molecular weight is 163 g/mol. The third kappa shape index (κ3) is 5.91. The van der Waals surface area contributed by atoms with Crippen molar-refractivity contribution in [1.82, 2.24) is 5.32 Å². The molecule has 0 saturated heterocycles. The number of hydrogen-bond acceptors (Lipinski definition) is 3. The summed E-state index contributed by atoms with van der Waals surface area (Å²) >= 11 is 1.25. The summed E-state index contributed by atoms with van der Waals surface area (Å²) < 4.78 is 0. The zero-order valence-electron chi connectivity index (χ0n) is 6.09. The molecule has 0 bridgehead atoms. The summed E-state index contributed by atoms with van der Waals surface area (Å²) in [6, 6.07) is 0. The third-order valence-corrected chi connectivity index (χ3v) is 1.57. The smallest absolute Gasteiger partial charge is 0.279 e. The number of aliphatic hydroxyl groups is 1. The van der Waals surface area contributed by atoms with Gasteiger partial charge in [-0.2, -0.15) is 0 Å². The van der Waals surface area contributed by atoms with Crippen LogP contribution in [0.3, 0.4) is 0 Å². The molecule has 0 spiro atoms. The Hall–Kier alpha value is -0.220. The van der Waals surface area contributed by atoms with Gasteiger partial charge in [-0.3, -0.25) is 4.79 Å². The first kappa shape index (κ1) is 9.78. The predicted molar refractivity (Wildman–Crippen MR) is 43.2 cm³/mol. The van der Waals surface area contributed by atoms with Gasteiger partial charge in [0, 0.05) is 13.2 Å². The fraction of sp³-hybridized carbons (Fsp3) is 0.833. The van der Waals surface area contributed by atoms with Gasteiger partial charge in [0.05, 0.1) is 0 Å². The Morgan fingerprint density at radius 1 is 1.70 bits per heavy atom. The highest BCUT2D eigenvalue weighted by Crippen LogP contribution is 1.98. The van der Waals surface area contributed by atoms with Crippen molar-refractivity contribution < 1.29 is 9.90 Å². The molecule has 0 aromatic heterocycles. The second kappa shape index (κ2) is 6.89. The maximum absolute atomic E-state index is 10.7. The molecule has 0 heterocycles. The van der Waals surface area contributed by atoms with Crippen molar-refractivity contribution in [2.24, 2.45) is 0 Å². The maximum atomic E-state index is 10.7. The van der Waals surface area contributed by atoms with Crippen molar-refractivity contribution >= 4 is 17.0 Å². The molecule has 60 valence electrons. The highest BCUT2D eigenvalue weighted by Gasteiger charge is 1.96. The molecule has 3 nitrogen and oxygen atoms in total. The van der Waals surface area contributed by atoms with E-state index in [0.717, 1.165) is 5.75 Å². The van der Waals surface area contributed by atoms with Crippen molar-refractivity contribution in [2.45, 2.75) is 13.3 Å². The van der Waals surface area contributed by atoms with Gasteiger partial charge < -0.3 is 10.4 Å². The number of rotatable bonds is 4. The molecule has 0 rings (SSSR count). The quantitative estimate of drug-likeness (QED) is 0.603. The van der Waals surface area contributed by atoms with Crippen molar-refractivity contribution in [1.29, 1.82) is 0 Å². The maximum Gasteiger partial charge on any atom is 0.279 e. The molecule has 0 saturated carbocycles. The summed E-state index contributed by atoms with van der Waals surface area (Å²) in [5.74, 6) is 0.797. The minimum absolute atomic E-state index is 0.00375. The van der Waals surface area contributed by atoms with Crippen LogP contribution in [0.15, 0.2) is 0 Å². The summed E-state index contributed by atoms with van der Waals surface area (Å²) in [7, 11) is 0. The lowest BCUT2D eigenvalue weighted by Crippen LogP contribution is -2.20. The molecule has 0 aromatic rings. The van der Waals surface area contributed by atoms with Gasteiger partial charge in [-0.05, 0) is 12.2 Å². The summed E-state index contributed by atoms with van der Waals surface area (Å²) in [5.41, 5.74) is 0. The number of thioether (sulfide) groups is 1. The molecule has 0 unspecified atom stereocenters. The Morgan fingerprint density at radius 3 is 2.90 bits per heavy atom. The van der Waals surface area contributed by atoms with Crippen LogP contribution in [0.2, 0.25) is 0 Å². The lowest BCUT2D eigenvalue weighted by molar-refractivity contribution is 0.257. The number of amides is 1. The Balaban J connectivity index is 3.05. The Bertz CT molecular complexity index is 97.7. The number of carbonyl (C=O) groups excluding carboxylic acids is 1. The lowest BCUT2D eigenvalue weighted by atomic mass is 10.5. The average Bonchev–Trinajstić information content (AvgIpc) is 1.89. The van der Waals surface area contributed by atoms with Gasteiger partial charge in [0.2, 0.25) is 0 Å². The van der Waals surface area contributed by atoms with Crippen LogP contribution in [0.4, 0.5) is 4.79 Å². The van der Waals surface area contributed by atoms with Crippen LogP contribution in [0, 0.1) is 0 Å². The van der Waals surface area contributed by atoms with Crippen molar-refractivity contribution in [3.8, 4) is 0 Å². The van der Waals surface area contributed by atoms with Crippen LogP contribution >= 0.6 is 11.8 Å². The van der Waals surface area contributed by atoms with Gasteiger partial charge in [0.25, 0.3) is 5.24 Å². The first-order valence-corrected chi connectivity index (χ1v) is 4.31. The molecule has 4 heteroatoms. The summed E-state index contributed by atoms with van der Waals surface area (Å²) in [5, 5.41) is 11.0. The molecule has 0 aliphatic carbocycles. The first-order valence-electron chi connectivity index (χ1n) is 3.32. The fourth-order valence-electron chi connectivity index (χ4n) is 0.452. The van der Waals surface area contributed by atoms with E-state index in [0.29, 0.717) is 13.0 Å². The molecular weight excluding hydrogens is 150 g/mol. The van der Waals surface area contributed by atoms with Gasteiger partial charge in [-0.25, -0.2) is 0 Å². The number of hydrogen-bond donors (Lipinski definition) is 2. The molecule has 0 radical (unpaired) electrons. The Kier molecular flexibility index (Phi) is 6.74. The SMILES string of the molecule is CCSC(=O)NCCCO. The molecule has 0 aliphatic rings. The van der Waals surface area contributed by atoms with Gasteiger partial charge in [0.15, 0.2) is 0 Å². The predicted octanol–water partition coefficient (Wildman–Crippen LogP) is 0.832. The van der Waals surface area contributed by atoms with Gasteiger partial charge in [-0.1, -0.05) is 18.7 Å². The zero-order valence-corrected chi connectivity index (χ0v) is 6.91.